The number of nitrogens with zero attached hydrogens (tertiary/aromatic N) is 2. The summed E-state index contributed by atoms with van der Waals surface area (Å²) in [6.45, 7) is 5.66. The van der Waals surface area contributed by atoms with E-state index >= 15 is 0 Å². The van der Waals surface area contributed by atoms with Crippen LogP contribution in [-0.4, -0.2) is 26.7 Å². The summed E-state index contributed by atoms with van der Waals surface area (Å²) >= 11 is 0. The second-order valence-electron chi connectivity index (χ2n) is 4.56. The SMILES string of the molecule is CC(CCC(=O)O)Nc1nccn(C(C)C)c1=O. The summed E-state index contributed by atoms with van der Waals surface area (Å²) in [6, 6.07) is -0.0420. The first-order valence-electron chi connectivity index (χ1n) is 5.97. The van der Waals surface area contributed by atoms with Gasteiger partial charge in [0.05, 0.1) is 0 Å². The van der Waals surface area contributed by atoms with E-state index in [1.165, 1.54) is 0 Å². The summed E-state index contributed by atoms with van der Waals surface area (Å²) in [4.78, 5) is 26.5. The van der Waals surface area contributed by atoms with E-state index in [-0.39, 0.29) is 29.9 Å². The van der Waals surface area contributed by atoms with E-state index in [0.29, 0.717) is 6.42 Å². The van der Waals surface area contributed by atoms with Crippen LogP contribution in [0.2, 0.25) is 0 Å². The fourth-order valence-corrected chi connectivity index (χ4v) is 1.58. The highest BCUT2D eigenvalue weighted by atomic mass is 16.4. The summed E-state index contributed by atoms with van der Waals surface area (Å²) in [7, 11) is 0. The van der Waals surface area contributed by atoms with E-state index in [1.54, 1.807) is 17.0 Å². The zero-order valence-corrected chi connectivity index (χ0v) is 10.9. The number of aliphatic carboxylic acids is 1. The van der Waals surface area contributed by atoms with Gasteiger partial charge in [-0.25, -0.2) is 4.98 Å². The van der Waals surface area contributed by atoms with E-state index in [0.717, 1.165) is 0 Å². The molecule has 0 radical (unpaired) electrons. The number of hydrogen-bond donors (Lipinski definition) is 2. The van der Waals surface area contributed by atoms with E-state index < -0.39 is 5.97 Å². The number of aromatic nitrogens is 2. The van der Waals surface area contributed by atoms with Gasteiger partial charge in [0.1, 0.15) is 0 Å². The largest absolute Gasteiger partial charge is 0.481 e. The fourth-order valence-electron chi connectivity index (χ4n) is 1.58. The number of carboxylic acid groups (broad SMARTS) is 1. The van der Waals surface area contributed by atoms with E-state index in [2.05, 4.69) is 10.3 Å². The normalized spacial score (nSPS) is 12.4. The molecule has 0 aliphatic carbocycles. The third-order valence-corrected chi connectivity index (χ3v) is 2.60. The second kappa shape index (κ2) is 6.18. The Kier molecular flexibility index (Phi) is 4.88. The smallest absolute Gasteiger partial charge is 0.303 e. The van der Waals surface area contributed by atoms with E-state index in [4.69, 9.17) is 5.11 Å². The maximum atomic E-state index is 12.0. The maximum absolute atomic E-state index is 12.0. The minimum Gasteiger partial charge on any atom is -0.481 e. The van der Waals surface area contributed by atoms with Crippen LogP contribution in [0.1, 0.15) is 39.7 Å². The highest BCUT2D eigenvalue weighted by Crippen LogP contribution is 2.05. The number of anilines is 1. The Bertz CT molecular complexity index is 468. The van der Waals surface area contributed by atoms with Gasteiger partial charge in [0.25, 0.3) is 5.56 Å². The van der Waals surface area contributed by atoms with Crippen molar-refractivity contribution in [2.24, 2.45) is 0 Å². The number of nitrogens with one attached hydrogen (secondary N) is 1. The molecule has 1 aromatic rings. The van der Waals surface area contributed by atoms with Crippen LogP contribution in [0, 0.1) is 0 Å². The van der Waals surface area contributed by atoms with Gasteiger partial charge in [-0.2, -0.15) is 0 Å². The van der Waals surface area contributed by atoms with Crippen LogP contribution in [0.15, 0.2) is 17.2 Å². The molecule has 1 aromatic heterocycles. The van der Waals surface area contributed by atoms with E-state index in [1.807, 2.05) is 20.8 Å². The quantitative estimate of drug-likeness (QED) is 0.802. The highest BCUT2D eigenvalue weighted by Gasteiger charge is 2.11. The highest BCUT2D eigenvalue weighted by molar-refractivity contribution is 5.66. The van der Waals surface area contributed by atoms with Crippen LogP contribution in [0.5, 0.6) is 0 Å². The van der Waals surface area contributed by atoms with Gasteiger partial charge in [0.15, 0.2) is 5.82 Å². The Morgan fingerprint density at radius 1 is 1.50 bits per heavy atom. The van der Waals surface area contributed by atoms with Crippen molar-refractivity contribution in [1.29, 1.82) is 0 Å². The first kappa shape index (κ1) is 14.2. The number of rotatable bonds is 6. The van der Waals surface area contributed by atoms with Crippen LogP contribution in [-0.2, 0) is 4.79 Å². The molecule has 0 fully saturated rings. The first-order chi connectivity index (χ1) is 8.41. The van der Waals surface area contributed by atoms with Crippen LogP contribution >= 0.6 is 0 Å². The Morgan fingerprint density at radius 2 is 2.17 bits per heavy atom. The van der Waals surface area contributed by atoms with Crippen molar-refractivity contribution < 1.29 is 9.90 Å². The summed E-state index contributed by atoms with van der Waals surface area (Å²) < 4.78 is 1.58. The number of carboxylic acids is 1. The van der Waals surface area contributed by atoms with Crippen LogP contribution in [0.4, 0.5) is 5.82 Å². The molecule has 0 saturated carbocycles. The van der Waals surface area contributed by atoms with Crippen molar-refractivity contribution in [2.75, 3.05) is 5.32 Å². The minimum atomic E-state index is -0.843. The van der Waals surface area contributed by atoms with Crippen LogP contribution in [0.3, 0.4) is 0 Å². The van der Waals surface area contributed by atoms with Gasteiger partial charge < -0.3 is 15.0 Å². The zero-order valence-electron chi connectivity index (χ0n) is 10.9. The molecule has 0 aliphatic rings. The van der Waals surface area contributed by atoms with Gasteiger partial charge in [0.2, 0.25) is 0 Å². The third-order valence-electron chi connectivity index (χ3n) is 2.60. The monoisotopic (exact) mass is 253 g/mol. The summed E-state index contributed by atoms with van der Waals surface area (Å²) in [5, 5.41) is 11.5. The third kappa shape index (κ3) is 3.87. The Balaban J connectivity index is 2.76. The van der Waals surface area contributed by atoms with E-state index in [9.17, 15) is 9.59 Å². The fraction of sp³-hybridized carbons (Fsp3) is 0.583. The molecule has 1 rings (SSSR count). The van der Waals surface area contributed by atoms with Gasteiger partial charge >= 0.3 is 5.97 Å². The molecule has 1 atom stereocenters. The van der Waals surface area contributed by atoms with Gasteiger partial charge in [-0.05, 0) is 27.2 Å². The van der Waals surface area contributed by atoms with Gasteiger partial charge in [-0.3, -0.25) is 9.59 Å². The molecule has 1 unspecified atom stereocenters. The topological polar surface area (TPSA) is 84.2 Å². The molecule has 0 spiro atoms. The molecular weight excluding hydrogens is 234 g/mol. The predicted molar refractivity (Wildman–Crippen MR) is 68.8 cm³/mol. The first-order valence-corrected chi connectivity index (χ1v) is 5.97. The molecule has 0 saturated heterocycles. The standard InChI is InChI=1S/C12H19N3O3/c1-8(2)15-7-6-13-11(12(15)18)14-9(3)4-5-10(16)17/h6-9H,4-5H2,1-3H3,(H,13,14)(H,16,17). The van der Waals surface area contributed by atoms with Crippen LogP contribution < -0.4 is 10.9 Å². The minimum absolute atomic E-state index is 0.0652. The molecule has 0 amide bonds. The molecule has 6 nitrogen and oxygen atoms in total. The van der Waals surface area contributed by atoms with Crippen molar-refractivity contribution in [1.82, 2.24) is 9.55 Å². The lowest BCUT2D eigenvalue weighted by molar-refractivity contribution is -0.137. The lowest BCUT2D eigenvalue weighted by Crippen LogP contribution is -2.29. The maximum Gasteiger partial charge on any atom is 0.303 e. The number of carbonyl (C=O) groups is 1. The summed E-state index contributed by atoms with van der Waals surface area (Å²) in [5.74, 6) is -0.576. The van der Waals surface area contributed by atoms with Crippen LogP contribution in [0.25, 0.3) is 0 Å². The molecule has 0 bridgehead atoms. The van der Waals surface area contributed by atoms with Gasteiger partial charge in [-0.1, -0.05) is 0 Å². The van der Waals surface area contributed by atoms with Gasteiger partial charge in [0, 0.05) is 30.9 Å². The van der Waals surface area contributed by atoms with Crippen molar-refractivity contribution in [3.8, 4) is 0 Å². The molecule has 100 valence electrons. The molecule has 1 heterocycles. The molecule has 6 heteroatoms. The van der Waals surface area contributed by atoms with Crippen molar-refractivity contribution in [3.05, 3.63) is 22.7 Å². The number of hydrogen-bond acceptors (Lipinski definition) is 4. The molecule has 18 heavy (non-hydrogen) atoms. The molecule has 2 N–H and O–H groups in total. The average molecular weight is 253 g/mol. The second-order valence-corrected chi connectivity index (χ2v) is 4.56. The lowest BCUT2D eigenvalue weighted by Gasteiger charge is -2.15. The molecular formula is C12H19N3O3. The summed E-state index contributed by atoms with van der Waals surface area (Å²) in [5.41, 5.74) is -0.185. The lowest BCUT2D eigenvalue weighted by atomic mass is 10.2. The molecule has 0 aliphatic heterocycles. The Hall–Kier alpha value is -1.85. The Labute approximate surface area is 106 Å². The average Bonchev–Trinajstić information content (AvgIpc) is 2.29. The Morgan fingerprint density at radius 3 is 2.72 bits per heavy atom. The molecule has 0 aromatic carbocycles. The summed E-state index contributed by atoms with van der Waals surface area (Å²) in [6.07, 6.45) is 3.72. The predicted octanol–water partition coefficient (Wildman–Crippen LogP) is 1.49. The van der Waals surface area contributed by atoms with Crippen molar-refractivity contribution in [3.63, 3.8) is 0 Å². The van der Waals surface area contributed by atoms with Gasteiger partial charge in [-0.15, -0.1) is 0 Å². The van der Waals surface area contributed by atoms with Crippen molar-refractivity contribution >= 4 is 11.8 Å². The van der Waals surface area contributed by atoms with Crippen molar-refractivity contribution in [2.45, 2.75) is 45.7 Å². The zero-order chi connectivity index (χ0) is 13.7.